The summed E-state index contributed by atoms with van der Waals surface area (Å²) >= 11 is 0. The van der Waals surface area contributed by atoms with Crippen LogP contribution in [0, 0.1) is 0 Å². The molecule has 0 N–H and O–H groups in total. The lowest BCUT2D eigenvalue weighted by Crippen LogP contribution is -2.31. The maximum absolute atomic E-state index is 12.8. The van der Waals surface area contributed by atoms with E-state index in [9.17, 15) is 9.59 Å². The van der Waals surface area contributed by atoms with Crippen LogP contribution in [0.25, 0.3) is 0 Å². The van der Waals surface area contributed by atoms with Gasteiger partial charge >= 0.3 is 0 Å². The van der Waals surface area contributed by atoms with E-state index < -0.39 is 11.8 Å². The molecule has 0 bridgehead atoms. The molecule has 0 spiro atoms. The van der Waals surface area contributed by atoms with Crippen LogP contribution < -0.4 is 0 Å². The molecule has 112 valence electrons. The molecule has 0 unspecified atom stereocenters. The second kappa shape index (κ2) is 6.14. The highest BCUT2D eigenvalue weighted by Crippen LogP contribution is 2.41. The number of nitrogens with zero attached hydrogens (tertiary/aromatic N) is 1. The SMILES string of the molecule is CCCN1C(=O)[C@H](c2ccccc2)[C@H](c2ccccc2)C1=O. The van der Waals surface area contributed by atoms with Gasteiger partial charge in [0.2, 0.25) is 11.8 Å². The zero-order valence-corrected chi connectivity index (χ0v) is 12.6. The van der Waals surface area contributed by atoms with Gasteiger partial charge in [0.1, 0.15) is 0 Å². The summed E-state index contributed by atoms with van der Waals surface area (Å²) in [5.74, 6) is -0.982. The van der Waals surface area contributed by atoms with Crippen molar-refractivity contribution in [1.82, 2.24) is 4.90 Å². The number of imide groups is 1. The number of hydrogen-bond donors (Lipinski definition) is 0. The van der Waals surface area contributed by atoms with Gasteiger partial charge in [-0.05, 0) is 17.5 Å². The first-order valence-electron chi connectivity index (χ1n) is 7.69. The zero-order valence-electron chi connectivity index (χ0n) is 12.6. The van der Waals surface area contributed by atoms with Crippen LogP contribution in [0.15, 0.2) is 60.7 Å². The standard InChI is InChI=1S/C19H19NO2/c1-2-13-20-18(21)16(14-9-5-3-6-10-14)17(19(20)22)15-11-7-4-8-12-15/h3-12,16-17H,2,13H2,1H3/t16-,17+. The van der Waals surface area contributed by atoms with Crippen LogP contribution in [-0.2, 0) is 9.59 Å². The van der Waals surface area contributed by atoms with E-state index >= 15 is 0 Å². The van der Waals surface area contributed by atoms with Crippen molar-refractivity contribution in [1.29, 1.82) is 0 Å². The van der Waals surface area contributed by atoms with E-state index in [4.69, 9.17) is 0 Å². The Morgan fingerprint density at radius 3 is 1.55 bits per heavy atom. The van der Waals surface area contributed by atoms with Crippen LogP contribution in [0.4, 0.5) is 0 Å². The smallest absolute Gasteiger partial charge is 0.237 e. The van der Waals surface area contributed by atoms with E-state index in [1.54, 1.807) is 0 Å². The molecule has 2 aromatic carbocycles. The van der Waals surface area contributed by atoms with Gasteiger partial charge in [0, 0.05) is 6.54 Å². The van der Waals surface area contributed by atoms with E-state index in [0.29, 0.717) is 6.54 Å². The van der Waals surface area contributed by atoms with Gasteiger partial charge in [-0.2, -0.15) is 0 Å². The molecule has 0 saturated carbocycles. The van der Waals surface area contributed by atoms with Crippen LogP contribution in [0.3, 0.4) is 0 Å². The molecular weight excluding hydrogens is 274 g/mol. The fourth-order valence-electron chi connectivity index (χ4n) is 3.16. The van der Waals surface area contributed by atoms with Crippen LogP contribution >= 0.6 is 0 Å². The van der Waals surface area contributed by atoms with Gasteiger partial charge in [0.25, 0.3) is 0 Å². The molecule has 22 heavy (non-hydrogen) atoms. The Hall–Kier alpha value is -2.42. The first kappa shape index (κ1) is 14.5. The van der Waals surface area contributed by atoms with Crippen molar-refractivity contribution >= 4 is 11.8 Å². The topological polar surface area (TPSA) is 37.4 Å². The number of hydrogen-bond acceptors (Lipinski definition) is 2. The quantitative estimate of drug-likeness (QED) is 0.811. The lowest BCUT2D eigenvalue weighted by molar-refractivity contribution is -0.139. The molecule has 2 aromatic rings. The van der Waals surface area contributed by atoms with Gasteiger partial charge < -0.3 is 0 Å². The molecule has 3 heteroatoms. The zero-order chi connectivity index (χ0) is 15.5. The number of carbonyl (C=O) groups excluding carboxylic acids is 2. The van der Waals surface area contributed by atoms with E-state index in [2.05, 4.69) is 0 Å². The fraction of sp³-hybridized carbons (Fsp3) is 0.263. The molecular formula is C19H19NO2. The molecule has 3 rings (SSSR count). The predicted molar refractivity (Wildman–Crippen MR) is 85.4 cm³/mol. The molecule has 1 aliphatic heterocycles. The monoisotopic (exact) mass is 293 g/mol. The Morgan fingerprint density at radius 1 is 0.773 bits per heavy atom. The Labute approximate surface area is 130 Å². The summed E-state index contributed by atoms with van der Waals surface area (Å²) in [7, 11) is 0. The van der Waals surface area contributed by atoms with Crippen molar-refractivity contribution < 1.29 is 9.59 Å². The summed E-state index contributed by atoms with van der Waals surface area (Å²) < 4.78 is 0. The Bertz CT molecular complexity index is 609. The average Bonchev–Trinajstić information content (AvgIpc) is 2.81. The highest BCUT2D eigenvalue weighted by molar-refractivity contribution is 6.10. The van der Waals surface area contributed by atoms with E-state index in [-0.39, 0.29) is 11.8 Å². The van der Waals surface area contributed by atoms with E-state index in [1.165, 1.54) is 4.90 Å². The number of likely N-dealkylation sites (tertiary alicyclic amines) is 1. The fourth-order valence-corrected chi connectivity index (χ4v) is 3.16. The highest BCUT2D eigenvalue weighted by Gasteiger charge is 2.48. The van der Waals surface area contributed by atoms with Crippen LogP contribution in [-0.4, -0.2) is 23.3 Å². The molecule has 2 amide bonds. The van der Waals surface area contributed by atoms with Crippen molar-refractivity contribution in [3.05, 3.63) is 71.8 Å². The Morgan fingerprint density at radius 2 is 1.18 bits per heavy atom. The summed E-state index contributed by atoms with van der Waals surface area (Å²) in [5, 5.41) is 0. The van der Waals surface area contributed by atoms with E-state index in [0.717, 1.165) is 17.5 Å². The maximum atomic E-state index is 12.8. The molecule has 1 fully saturated rings. The second-order valence-corrected chi connectivity index (χ2v) is 5.60. The van der Waals surface area contributed by atoms with Crippen LogP contribution in [0.1, 0.15) is 36.3 Å². The van der Waals surface area contributed by atoms with Gasteiger partial charge in [-0.15, -0.1) is 0 Å². The Kier molecular flexibility index (Phi) is 4.05. The lowest BCUT2D eigenvalue weighted by atomic mass is 9.83. The van der Waals surface area contributed by atoms with Gasteiger partial charge in [-0.1, -0.05) is 67.6 Å². The van der Waals surface area contributed by atoms with Gasteiger partial charge in [0.05, 0.1) is 11.8 Å². The van der Waals surface area contributed by atoms with Gasteiger partial charge in [-0.25, -0.2) is 0 Å². The second-order valence-electron chi connectivity index (χ2n) is 5.60. The molecule has 1 heterocycles. The molecule has 0 radical (unpaired) electrons. The lowest BCUT2D eigenvalue weighted by Gasteiger charge is -2.15. The molecule has 3 nitrogen and oxygen atoms in total. The number of rotatable bonds is 4. The largest absolute Gasteiger partial charge is 0.282 e. The van der Waals surface area contributed by atoms with Gasteiger partial charge in [-0.3, -0.25) is 14.5 Å². The summed E-state index contributed by atoms with van der Waals surface area (Å²) in [5.41, 5.74) is 1.82. The summed E-state index contributed by atoms with van der Waals surface area (Å²) in [6.45, 7) is 2.47. The molecule has 2 atom stereocenters. The molecule has 1 aliphatic rings. The first-order chi connectivity index (χ1) is 10.7. The third-order valence-electron chi connectivity index (χ3n) is 4.16. The van der Waals surface area contributed by atoms with E-state index in [1.807, 2.05) is 67.6 Å². The van der Waals surface area contributed by atoms with Gasteiger partial charge in [0.15, 0.2) is 0 Å². The third-order valence-corrected chi connectivity index (χ3v) is 4.16. The van der Waals surface area contributed by atoms with Crippen molar-refractivity contribution in [2.24, 2.45) is 0 Å². The summed E-state index contributed by atoms with van der Waals surface area (Å²) in [4.78, 5) is 27.0. The van der Waals surface area contributed by atoms with Crippen molar-refractivity contribution in [3.63, 3.8) is 0 Å². The molecule has 1 saturated heterocycles. The van der Waals surface area contributed by atoms with Crippen molar-refractivity contribution in [2.45, 2.75) is 25.2 Å². The number of carbonyl (C=O) groups is 2. The minimum Gasteiger partial charge on any atom is -0.282 e. The van der Waals surface area contributed by atoms with Crippen molar-refractivity contribution in [2.75, 3.05) is 6.54 Å². The highest BCUT2D eigenvalue weighted by atomic mass is 16.2. The first-order valence-corrected chi connectivity index (χ1v) is 7.69. The molecule has 0 aliphatic carbocycles. The average molecular weight is 293 g/mol. The minimum absolute atomic E-state index is 0.0769. The molecule has 0 aromatic heterocycles. The van der Waals surface area contributed by atoms with Crippen LogP contribution in [0.2, 0.25) is 0 Å². The normalized spacial score (nSPS) is 21.4. The summed E-state index contributed by atoms with van der Waals surface area (Å²) in [6.07, 6.45) is 0.778. The number of benzene rings is 2. The van der Waals surface area contributed by atoms with Crippen molar-refractivity contribution in [3.8, 4) is 0 Å². The minimum atomic E-state index is -0.414. The van der Waals surface area contributed by atoms with Crippen LogP contribution in [0.5, 0.6) is 0 Å². The number of amides is 2. The third kappa shape index (κ3) is 2.43. The maximum Gasteiger partial charge on any atom is 0.237 e. The predicted octanol–water partition coefficient (Wildman–Crippen LogP) is 3.33. The summed E-state index contributed by atoms with van der Waals surface area (Å²) in [6, 6.07) is 19.2. The Balaban J connectivity index is 2.07.